The van der Waals surface area contributed by atoms with E-state index in [0.29, 0.717) is 27.5 Å². The second kappa shape index (κ2) is 7.73. The summed E-state index contributed by atoms with van der Waals surface area (Å²) in [6.45, 7) is 6.29. The summed E-state index contributed by atoms with van der Waals surface area (Å²) in [6.07, 6.45) is 2.39. The predicted molar refractivity (Wildman–Crippen MR) is 119 cm³/mol. The molecule has 30 heavy (non-hydrogen) atoms. The van der Waals surface area contributed by atoms with Crippen LogP contribution < -0.4 is 26.0 Å². The second-order valence-corrected chi connectivity index (χ2v) is 8.72. The van der Waals surface area contributed by atoms with Crippen molar-refractivity contribution < 1.29 is 9.53 Å². The number of nitrogens with two attached hydrogens (primary N) is 1. The number of piperazine rings is 1. The molecule has 0 aliphatic carbocycles. The number of aryl methyl sites for hydroxylation is 1. The first-order chi connectivity index (χ1) is 14.6. The Morgan fingerprint density at radius 3 is 3.03 bits per heavy atom. The van der Waals surface area contributed by atoms with Gasteiger partial charge in [0, 0.05) is 44.1 Å². The Hall–Kier alpha value is -2.91. The van der Waals surface area contributed by atoms with Crippen molar-refractivity contribution in [3.8, 4) is 5.75 Å². The number of fused-ring (bicyclic) bond motifs is 2. The Labute approximate surface area is 178 Å². The van der Waals surface area contributed by atoms with Crippen LogP contribution in [0.2, 0.25) is 0 Å². The van der Waals surface area contributed by atoms with E-state index in [1.54, 1.807) is 6.20 Å². The molecule has 1 saturated heterocycles. The van der Waals surface area contributed by atoms with Gasteiger partial charge >= 0.3 is 0 Å². The number of aromatic nitrogens is 2. The van der Waals surface area contributed by atoms with Crippen LogP contribution in [-0.2, 0) is 6.42 Å². The summed E-state index contributed by atoms with van der Waals surface area (Å²) in [5.41, 5.74) is 10.2. The fraction of sp³-hybridized carbons (Fsp3) is 0.381. The van der Waals surface area contributed by atoms with Gasteiger partial charge in [-0.2, -0.15) is 0 Å². The van der Waals surface area contributed by atoms with Crippen molar-refractivity contribution in [3.63, 3.8) is 0 Å². The highest BCUT2D eigenvalue weighted by Crippen LogP contribution is 2.32. The van der Waals surface area contributed by atoms with Crippen LogP contribution in [0.3, 0.4) is 0 Å². The molecule has 4 N–H and O–H groups in total. The average molecular weight is 425 g/mol. The lowest BCUT2D eigenvalue weighted by atomic mass is 10.0. The third kappa shape index (κ3) is 3.54. The number of thiophene rings is 1. The molecule has 0 unspecified atom stereocenters. The number of ether oxygens (including phenoxy) is 1. The molecule has 8 nitrogen and oxygen atoms in total. The highest BCUT2D eigenvalue weighted by molar-refractivity contribution is 7.21. The van der Waals surface area contributed by atoms with Crippen molar-refractivity contribution in [2.45, 2.75) is 19.4 Å². The maximum absolute atomic E-state index is 12.9. The van der Waals surface area contributed by atoms with E-state index in [9.17, 15) is 4.79 Å². The van der Waals surface area contributed by atoms with Crippen LogP contribution in [0.25, 0.3) is 10.3 Å². The Morgan fingerprint density at radius 1 is 1.37 bits per heavy atom. The van der Waals surface area contributed by atoms with E-state index in [0.717, 1.165) is 49.6 Å². The van der Waals surface area contributed by atoms with E-state index in [4.69, 9.17) is 10.5 Å². The van der Waals surface area contributed by atoms with Crippen molar-refractivity contribution in [2.24, 2.45) is 0 Å². The first-order valence-corrected chi connectivity index (χ1v) is 10.9. The number of hydrogen-bond donors (Lipinski definition) is 3. The Bertz CT molecular complexity index is 1110. The quantitative estimate of drug-likeness (QED) is 0.588. The fourth-order valence-electron chi connectivity index (χ4n) is 3.96. The van der Waals surface area contributed by atoms with Gasteiger partial charge in [-0.05, 0) is 25.0 Å². The largest absolute Gasteiger partial charge is 0.491 e. The van der Waals surface area contributed by atoms with Gasteiger partial charge in [0.25, 0.3) is 5.91 Å². The summed E-state index contributed by atoms with van der Waals surface area (Å²) in [4.78, 5) is 25.1. The van der Waals surface area contributed by atoms with Crippen LogP contribution in [0.15, 0.2) is 24.4 Å². The number of rotatable bonds is 3. The van der Waals surface area contributed by atoms with E-state index in [1.165, 1.54) is 17.0 Å². The van der Waals surface area contributed by atoms with E-state index in [2.05, 4.69) is 43.7 Å². The molecule has 1 fully saturated rings. The second-order valence-electron chi connectivity index (χ2n) is 7.72. The van der Waals surface area contributed by atoms with Crippen LogP contribution in [0, 0.1) is 6.92 Å². The molecular formula is C21H24N6O2S. The Kier molecular flexibility index (Phi) is 4.92. The highest BCUT2D eigenvalue weighted by Gasteiger charge is 2.25. The van der Waals surface area contributed by atoms with E-state index >= 15 is 0 Å². The lowest BCUT2D eigenvalue weighted by Gasteiger charge is -2.31. The van der Waals surface area contributed by atoms with Crippen LogP contribution in [0.5, 0.6) is 5.75 Å². The molecule has 0 radical (unpaired) electrons. The van der Waals surface area contributed by atoms with Crippen LogP contribution >= 0.6 is 11.3 Å². The standard InChI is InChI=1S/C21H24N6O2S/c1-12-10-24-18-17(22)19(30-21(18)25-12)20(28)26-14-8-13-2-3-15(9-16(13)29-11-14)27-6-4-23-5-7-27/h2-3,9-10,14,23H,4-8,11,22H2,1H3,(H,26,28)/t14-/m1/s1. The van der Waals surface area contributed by atoms with Gasteiger partial charge in [0.05, 0.1) is 17.4 Å². The Morgan fingerprint density at radius 2 is 2.20 bits per heavy atom. The topological polar surface area (TPSA) is 105 Å². The molecule has 2 aromatic heterocycles. The molecule has 2 aliphatic heterocycles. The van der Waals surface area contributed by atoms with Crippen molar-refractivity contribution >= 4 is 39.0 Å². The van der Waals surface area contributed by atoms with E-state index < -0.39 is 0 Å². The summed E-state index contributed by atoms with van der Waals surface area (Å²) in [6, 6.07) is 6.25. The van der Waals surface area contributed by atoms with Crippen LogP contribution in [-0.4, -0.2) is 54.7 Å². The molecule has 5 rings (SSSR count). The third-order valence-corrected chi connectivity index (χ3v) is 6.63. The highest BCUT2D eigenvalue weighted by atomic mass is 32.1. The number of nitrogens with zero attached hydrogens (tertiary/aromatic N) is 3. The first-order valence-electron chi connectivity index (χ1n) is 10.1. The summed E-state index contributed by atoms with van der Waals surface area (Å²) in [5.74, 6) is 0.700. The zero-order valence-corrected chi connectivity index (χ0v) is 17.6. The minimum Gasteiger partial charge on any atom is -0.491 e. The first kappa shape index (κ1) is 19.1. The molecule has 156 valence electrons. The van der Waals surface area contributed by atoms with Gasteiger partial charge in [0.15, 0.2) is 0 Å². The minimum absolute atomic E-state index is 0.109. The summed E-state index contributed by atoms with van der Waals surface area (Å²) in [7, 11) is 0. The van der Waals surface area contributed by atoms with Crippen LogP contribution in [0.1, 0.15) is 20.9 Å². The number of carbonyl (C=O) groups excluding carboxylic acids is 1. The molecule has 1 aromatic carbocycles. The predicted octanol–water partition coefficient (Wildman–Crippen LogP) is 1.73. The van der Waals surface area contributed by atoms with Crippen molar-refractivity contribution in [3.05, 3.63) is 40.5 Å². The molecule has 3 aromatic rings. The lowest BCUT2D eigenvalue weighted by molar-refractivity contribution is 0.0920. The van der Waals surface area contributed by atoms with E-state index in [-0.39, 0.29) is 11.9 Å². The van der Waals surface area contributed by atoms with Gasteiger partial charge in [0.2, 0.25) is 0 Å². The van der Waals surface area contributed by atoms with E-state index in [1.807, 2.05) is 6.92 Å². The third-order valence-electron chi connectivity index (χ3n) is 5.54. The molecule has 0 saturated carbocycles. The molecular weight excluding hydrogens is 400 g/mol. The SMILES string of the molecule is Cc1cnc2c(N)c(C(=O)N[C@H]3COc4cc(N5CCNCC5)ccc4C3)sc2n1. The van der Waals surface area contributed by atoms with Gasteiger partial charge in [-0.15, -0.1) is 11.3 Å². The average Bonchev–Trinajstić information content (AvgIpc) is 3.09. The number of benzene rings is 1. The van der Waals surface area contributed by atoms with Crippen molar-refractivity contribution in [1.29, 1.82) is 0 Å². The number of hydrogen-bond acceptors (Lipinski definition) is 8. The number of anilines is 2. The zero-order chi connectivity index (χ0) is 20.7. The number of carbonyl (C=O) groups is 1. The normalized spacial score (nSPS) is 18.7. The molecule has 4 heterocycles. The van der Waals surface area contributed by atoms with Gasteiger partial charge in [0.1, 0.15) is 27.6 Å². The monoisotopic (exact) mass is 424 g/mol. The van der Waals surface area contributed by atoms with Crippen LogP contribution in [0.4, 0.5) is 11.4 Å². The fourth-order valence-corrected chi connectivity index (χ4v) is 4.96. The summed E-state index contributed by atoms with van der Waals surface area (Å²) < 4.78 is 6.00. The molecule has 2 aliphatic rings. The molecule has 9 heteroatoms. The smallest absolute Gasteiger partial charge is 0.263 e. The Balaban J connectivity index is 1.29. The number of amides is 1. The maximum atomic E-state index is 12.9. The number of nitrogen functional groups attached to an aromatic ring is 1. The summed E-state index contributed by atoms with van der Waals surface area (Å²) in [5, 5.41) is 6.43. The molecule has 0 spiro atoms. The van der Waals surface area contributed by atoms with Gasteiger partial charge in [-0.25, -0.2) is 9.97 Å². The minimum atomic E-state index is -0.204. The van der Waals surface area contributed by atoms with Gasteiger partial charge in [-0.3, -0.25) is 4.79 Å². The zero-order valence-electron chi connectivity index (χ0n) is 16.8. The number of nitrogens with one attached hydrogen (secondary N) is 2. The molecule has 1 amide bonds. The van der Waals surface area contributed by atoms with Gasteiger partial charge < -0.3 is 26.0 Å². The molecule has 0 bridgehead atoms. The van der Waals surface area contributed by atoms with Gasteiger partial charge in [-0.1, -0.05) is 6.07 Å². The molecule has 1 atom stereocenters. The van der Waals surface area contributed by atoms with Crippen molar-refractivity contribution in [1.82, 2.24) is 20.6 Å². The summed E-state index contributed by atoms with van der Waals surface area (Å²) >= 11 is 1.28. The maximum Gasteiger partial charge on any atom is 0.263 e. The lowest BCUT2D eigenvalue weighted by Crippen LogP contribution is -2.44. The van der Waals surface area contributed by atoms with Crippen molar-refractivity contribution in [2.75, 3.05) is 43.4 Å².